The average molecular weight is 260 g/mol. The predicted molar refractivity (Wildman–Crippen MR) is 69.6 cm³/mol. The highest BCUT2D eigenvalue weighted by molar-refractivity contribution is 7.91. The van der Waals surface area contributed by atoms with Gasteiger partial charge < -0.3 is 5.73 Å². The Labute approximate surface area is 104 Å². The summed E-state index contributed by atoms with van der Waals surface area (Å²) in [6.45, 7) is 5.89. The van der Waals surface area contributed by atoms with Gasteiger partial charge >= 0.3 is 0 Å². The molecule has 0 bridgehead atoms. The smallest absolute Gasteiger partial charge is 0.153 e. The molecule has 100 valence electrons. The molecule has 2 fully saturated rings. The Balaban J connectivity index is 2.00. The van der Waals surface area contributed by atoms with Crippen LogP contribution in [0.2, 0.25) is 0 Å². The van der Waals surface area contributed by atoms with Gasteiger partial charge in [-0.3, -0.25) is 4.90 Å². The fourth-order valence-corrected chi connectivity index (χ4v) is 4.81. The van der Waals surface area contributed by atoms with Gasteiger partial charge in [0, 0.05) is 25.2 Å². The molecule has 0 amide bonds. The van der Waals surface area contributed by atoms with Crippen molar-refractivity contribution in [3.63, 3.8) is 0 Å². The van der Waals surface area contributed by atoms with Gasteiger partial charge in [0.25, 0.3) is 0 Å². The van der Waals surface area contributed by atoms with Crippen molar-refractivity contribution in [1.29, 1.82) is 0 Å². The average Bonchev–Trinajstić information content (AvgIpc) is 2.52. The van der Waals surface area contributed by atoms with E-state index >= 15 is 0 Å². The predicted octanol–water partition coefficient (Wildman–Crippen LogP) is 0.623. The Hall–Kier alpha value is -0.130. The van der Waals surface area contributed by atoms with Crippen molar-refractivity contribution in [3.05, 3.63) is 0 Å². The quantitative estimate of drug-likeness (QED) is 0.791. The van der Waals surface area contributed by atoms with E-state index in [1.54, 1.807) is 0 Å². The van der Waals surface area contributed by atoms with E-state index < -0.39 is 9.84 Å². The Morgan fingerprint density at radius 3 is 2.71 bits per heavy atom. The summed E-state index contributed by atoms with van der Waals surface area (Å²) in [4.78, 5) is 2.31. The first-order valence-electron chi connectivity index (χ1n) is 6.52. The fraction of sp³-hybridized carbons (Fsp3) is 1.00. The van der Waals surface area contributed by atoms with Crippen molar-refractivity contribution in [2.24, 2.45) is 11.1 Å². The molecule has 1 saturated carbocycles. The highest BCUT2D eigenvalue weighted by atomic mass is 32.2. The van der Waals surface area contributed by atoms with Gasteiger partial charge in [0.15, 0.2) is 9.84 Å². The minimum absolute atomic E-state index is 0.137. The second kappa shape index (κ2) is 4.52. The van der Waals surface area contributed by atoms with Gasteiger partial charge in [-0.05, 0) is 25.2 Å². The van der Waals surface area contributed by atoms with E-state index in [-0.39, 0.29) is 17.5 Å². The summed E-state index contributed by atoms with van der Waals surface area (Å²) < 4.78 is 23.1. The molecule has 2 aliphatic rings. The molecule has 1 saturated heterocycles. The fourth-order valence-electron chi connectivity index (χ4n) is 3.19. The first-order chi connectivity index (χ1) is 7.82. The zero-order chi connectivity index (χ0) is 12.7. The van der Waals surface area contributed by atoms with Crippen LogP contribution in [0, 0.1) is 5.41 Å². The lowest BCUT2D eigenvalue weighted by Crippen LogP contribution is -2.53. The topological polar surface area (TPSA) is 63.4 Å². The third kappa shape index (κ3) is 2.83. The van der Waals surface area contributed by atoms with Crippen molar-refractivity contribution in [2.75, 3.05) is 24.6 Å². The molecule has 1 aliphatic heterocycles. The highest BCUT2D eigenvalue weighted by Crippen LogP contribution is 2.38. The minimum Gasteiger partial charge on any atom is -0.327 e. The summed E-state index contributed by atoms with van der Waals surface area (Å²) in [5.74, 6) is 0.612. The summed E-state index contributed by atoms with van der Waals surface area (Å²) in [5, 5.41) is 0. The Kier molecular flexibility index (Phi) is 3.54. The maximum Gasteiger partial charge on any atom is 0.153 e. The molecule has 0 aromatic heterocycles. The SMILES string of the molecule is CC1CS(=O)(=O)CCN1CC1(C)CCCC1N. The summed E-state index contributed by atoms with van der Waals surface area (Å²) in [7, 11) is -2.80. The lowest BCUT2D eigenvalue weighted by atomic mass is 9.84. The molecular formula is C12H24N2O2S. The second-order valence-corrected chi connectivity index (χ2v) is 8.32. The zero-order valence-corrected chi connectivity index (χ0v) is 11.7. The van der Waals surface area contributed by atoms with Crippen LogP contribution >= 0.6 is 0 Å². The summed E-state index contributed by atoms with van der Waals surface area (Å²) in [6, 6.07) is 0.409. The molecule has 1 aliphatic carbocycles. The van der Waals surface area contributed by atoms with Crippen LogP contribution < -0.4 is 5.73 Å². The molecule has 3 atom stereocenters. The molecule has 0 aromatic rings. The third-order valence-electron chi connectivity index (χ3n) is 4.53. The van der Waals surface area contributed by atoms with Crippen molar-refractivity contribution in [3.8, 4) is 0 Å². The first-order valence-corrected chi connectivity index (χ1v) is 8.35. The van der Waals surface area contributed by atoms with Crippen LogP contribution in [0.4, 0.5) is 0 Å². The molecule has 0 spiro atoms. The summed E-state index contributed by atoms with van der Waals surface area (Å²) in [5.41, 5.74) is 6.36. The van der Waals surface area contributed by atoms with Crippen LogP contribution in [0.5, 0.6) is 0 Å². The number of hydrogen-bond donors (Lipinski definition) is 1. The molecule has 4 nitrogen and oxygen atoms in total. The Morgan fingerprint density at radius 1 is 1.47 bits per heavy atom. The maximum atomic E-state index is 11.5. The lowest BCUT2D eigenvalue weighted by Gasteiger charge is -2.40. The van der Waals surface area contributed by atoms with Gasteiger partial charge in [-0.1, -0.05) is 13.3 Å². The van der Waals surface area contributed by atoms with Gasteiger partial charge in [0.05, 0.1) is 11.5 Å². The van der Waals surface area contributed by atoms with Crippen LogP contribution in [-0.2, 0) is 9.84 Å². The van der Waals surface area contributed by atoms with Crippen LogP contribution in [-0.4, -0.2) is 50.0 Å². The van der Waals surface area contributed by atoms with Crippen LogP contribution in [0.3, 0.4) is 0 Å². The Bertz CT molecular complexity index is 382. The molecule has 17 heavy (non-hydrogen) atoms. The van der Waals surface area contributed by atoms with E-state index in [1.807, 2.05) is 6.92 Å². The zero-order valence-electron chi connectivity index (χ0n) is 10.9. The monoisotopic (exact) mass is 260 g/mol. The maximum absolute atomic E-state index is 11.5. The van der Waals surface area contributed by atoms with Gasteiger partial charge in [-0.25, -0.2) is 8.42 Å². The number of nitrogens with two attached hydrogens (primary N) is 1. The summed E-state index contributed by atoms with van der Waals surface area (Å²) in [6.07, 6.45) is 3.49. The van der Waals surface area contributed by atoms with E-state index in [2.05, 4.69) is 11.8 Å². The van der Waals surface area contributed by atoms with E-state index in [0.717, 1.165) is 13.0 Å². The summed E-state index contributed by atoms with van der Waals surface area (Å²) >= 11 is 0. The van der Waals surface area contributed by atoms with E-state index in [9.17, 15) is 8.42 Å². The molecular weight excluding hydrogens is 236 g/mol. The normalized spacial score (nSPS) is 42.8. The molecule has 3 unspecified atom stereocenters. The number of nitrogens with zero attached hydrogens (tertiary/aromatic N) is 1. The third-order valence-corrected chi connectivity index (χ3v) is 6.33. The van der Waals surface area contributed by atoms with Crippen LogP contribution in [0.25, 0.3) is 0 Å². The Morgan fingerprint density at radius 2 is 2.18 bits per heavy atom. The van der Waals surface area contributed by atoms with Crippen molar-refractivity contribution in [1.82, 2.24) is 4.90 Å². The highest BCUT2D eigenvalue weighted by Gasteiger charge is 2.40. The molecule has 2 N–H and O–H groups in total. The molecule has 0 aromatic carbocycles. The standard InChI is InChI=1S/C12H24N2O2S/c1-10-8-17(15,16)7-6-14(10)9-12(2)5-3-4-11(12)13/h10-11H,3-9,13H2,1-2H3. The second-order valence-electron chi connectivity index (χ2n) is 6.09. The van der Waals surface area contributed by atoms with Crippen LogP contribution in [0.1, 0.15) is 33.1 Å². The molecule has 1 heterocycles. The first kappa shape index (κ1) is 13.3. The lowest BCUT2D eigenvalue weighted by molar-refractivity contribution is 0.128. The largest absolute Gasteiger partial charge is 0.327 e. The number of rotatable bonds is 2. The van der Waals surface area contributed by atoms with Gasteiger partial charge in [-0.15, -0.1) is 0 Å². The number of sulfone groups is 1. The van der Waals surface area contributed by atoms with Gasteiger partial charge in [0.2, 0.25) is 0 Å². The minimum atomic E-state index is -2.80. The van der Waals surface area contributed by atoms with E-state index in [0.29, 0.717) is 18.1 Å². The van der Waals surface area contributed by atoms with Gasteiger partial charge in [0.1, 0.15) is 0 Å². The van der Waals surface area contributed by atoms with Crippen LogP contribution in [0.15, 0.2) is 0 Å². The molecule has 0 radical (unpaired) electrons. The van der Waals surface area contributed by atoms with Gasteiger partial charge in [-0.2, -0.15) is 0 Å². The van der Waals surface area contributed by atoms with E-state index in [4.69, 9.17) is 5.73 Å². The van der Waals surface area contributed by atoms with E-state index in [1.165, 1.54) is 12.8 Å². The van der Waals surface area contributed by atoms with Crippen molar-refractivity contribution >= 4 is 9.84 Å². The van der Waals surface area contributed by atoms with Crippen molar-refractivity contribution in [2.45, 2.75) is 45.2 Å². The molecule has 2 rings (SSSR count). The van der Waals surface area contributed by atoms with Crippen molar-refractivity contribution < 1.29 is 8.42 Å². The molecule has 5 heteroatoms. The number of hydrogen-bond acceptors (Lipinski definition) is 4.